The monoisotopic (exact) mass is 377 g/mol. The van der Waals surface area contributed by atoms with E-state index in [1.807, 2.05) is 44.2 Å². The second-order valence-electron chi connectivity index (χ2n) is 6.82. The van der Waals surface area contributed by atoms with Gasteiger partial charge in [-0.3, -0.25) is 9.59 Å². The number of amides is 2. The summed E-state index contributed by atoms with van der Waals surface area (Å²) in [5.41, 5.74) is 2.64. The topological polar surface area (TPSA) is 84.2 Å². The first kappa shape index (κ1) is 19.4. The first-order valence-corrected chi connectivity index (χ1v) is 9.15. The van der Waals surface area contributed by atoms with E-state index in [2.05, 4.69) is 15.6 Å². The van der Waals surface area contributed by atoms with Crippen LogP contribution in [0, 0.1) is 6.92 Å². The van der Waals surface area contributed by atoms with Gasteiger partial charge in [0.15, 0.2) is 0 Å². The molecular formula is C22H23N3O3. The van der Waals surface area contributed by atoms with Crippen LogP contribution in [0.15, 0.2) is 59.0 Å². The minimum absolute atomic E-state index is 0.0679. The number of hydrogen-bond acceptors (Lipinski definition) is 4. The van der Waals surface area contributed by atoms with Gasteiger partial charge in [-0.2, -0.15) is 0 Å². The molecule has 0 spiro atoms. The largest absolute Gasteiger partial charge is 0.441 e. The fourth-order valence-electron chi connectivity index (χ4n) is 2.70. The fraction of sp³-hybridized carbons (Fsp3) is 0.227. The van der Waals surface area contributed by atoms with Crippen molar-refractivity contribution in [2.75, 3.05) is 5.32 Å². The molecule has 2 amide bonds. The highest BCUT2D eigenvalue weighted by Gasteiger charge is 2.15. The molecule has 0 saturated heterocycles. The van der Waals surface area contributed by atoms with Crippen LogP contribution >= 0.6 is 0 Å². The molecule has 144 valence electrons. The molecule has 0 saturated carbocycles. The summed E-state index contributed by atoms with van der Waals surface area (Å²) in [6.07, 6.45) is 0.109. The molecule has 0 aliphatic carbocycles. The summed E-state index contributed by atoms with van der Waals surface area (Å²) in [4.78, 5) is 28.8. The third-order valence-corrected chi connectivity index (χ3v) is 4.09. The van der Waals surface area contributed by atoms with Crippen molar-refractivity contribution >= 4 is 17.5 Å². The summed E-state index contributed by atoms with van der Waals surface area (Å²) >= 11 is 0. The molecule has 0 aliphatic rings. The van der Waals surface area contributed by atoms with Crippen LogP contribution in [0.25, 0.3) is 11.5 Å². The van der Waals surface area contributed by atoms with Gasteiger partial charge >= 0.3 is 0 Å². The Morgan fingerprint density at radius 3 is 2.36 bits per heavy atom. The van der Waals surface area contributed by atoms with E-state index in [1.165, 1.54) is 0 Å². The van der Waals surface area contributed by atoms with E-state index in [0.717, 1.165) is 5.56 Å². The average molecular weight is 377 g/mol. The maximum atomic E-state index is 12.4. The first-order chi connectivity index (χ1) is 13.4. The average Bonchev–Trinajstić information content (AvgIpc) is 3.03. The lowest BCUT2D eigenvalue weighted by molar-refractivity contribution is -0.115. The van der Waals surface area contributed by atoms with Crippen molar-refractivity contribution in [3.8, 4) is 11.5 Å². The molecule has 6 nitrogen and oxygen atoms in total. The summed E-state index contributed by atoms with van der Waals surface area (Å²) in [5.74, 6) is 0.783. The second-order valence-corrected chi connectivity index (χ2v) is 6.82. The number of aromatic nitrogens is 1. The van der Waals surface area contributed by atoms with E-state index in [9.17, 15) is 9.59 Å². The Bertz CT molecular complexity index is 960. The van der Waals surface area contributed by atoms with Gasteiger partial charge < -0.3 is 15.1 Å². The number of oxazole rings is 1. The van der Waals surface area contributed by atoms with E-state index in [1.54, 1.807) is 31.2 Å². The maximum absolute atomic E-state index is 12.4. The molecule has 0 unspecified atom stereocenters. The summed E-state index contributed by atoms with van der Waals surface area (Å²) in [7, 11) is 0. The predicted octanol–water partition coefficient (Wildman–Crippen LogP) is 3.97. The third kappa shape index (κ3) is 4.85. The van der Waals surface area contributed by atoms with Crippen LogP contribution in [0.3, 0.4) is 0 Å². The zero-order valence-corrected chi connectivity index (χ0v) is 16.2. The molecule has 2 N–H and O–H groups in total. The van der Waals surface area contributed by atoms with Crippen molar-refractivity contribution in [3.05, 3.63) is 71.6 Å². The van der Waals surface area contributed by atoms with Gasteiger partial charge in [-0.25, -0.2) is 4.98 Å². The van der Waals surface area contributed by atoms with Gasteiger partial charge in [0, 0.05) is 22.9 Å². The lowest BCUT2D eigenvalue weighted by atomic mass is 10.1. The fourth-order valence-corrected chi connectivity index (χ4v) is 2.70. The summed E-state index contributed by atoms with van der Waals surface area (Å²) < 4.78 is 5.69. The molecule has 1 aromatic heterocycles. The number of aryl methyl sites for hydroxylation is 1. The SMILES string of the molecule is Cc1oc(-c2ccccc2)nc1CC(=O)Nc1ccc(C(=O)NC(C)C)cc1. The smallest absolute Gasteiger partial charge is 0.251 e. The number of anilines is 1. The molecule has 3 aromatic rings. The normalized spacial score (nSPS) is 10.7. The molecule has 0 radical (unpaired) electrons. The van der Waals surface area contributed by atoms with E-state index >= 15 is 0 Å². The molecule has 3 rings (SSSR count). The Balaban J connectivity index is 1.63. The van der Waals surface area contributed by atoms with E-state index in [4.69, 9.17) is 4.42 Å². The van der Waals surface area contributed by atoms with Gasteiger partial charge in [-0.05, 0) is 57.2 Å². The van der Waals surface area contributed by atoms with Crippen LogP contribution in [0.5, 0.6) is 0 Å². The van der Waals surface area contributed by atoms with Gasteiger partial charge in [0.05, 0.1) is 12.1 Å². The number of rotatable bonds is 6. The quantitative estimate of drug-likeness (QED) is 0.681. The number of benzene rings is 2. The van der Waals surface area contributed by atoms with Gasteiger partial charge in [-0.1, -0.05) is 18.2 Å². The maximum Gasteiger partial charge on any atom is 0.251 e. The highest BCUT2D eigenvalue weighted by atomic mass is 16.4. The van der Waals surface area contributed by atoms with Gasteiger partial charge in [0.25, 0.3) is 5.91 Å². The van der Waals surface area contributed by atoms with Crippen LogP contribution in [-0.4, -0.2) is 22.8 Å². The van der Waals surface area contributed by atoms with E-state index in [-0.39, 0.29) is 24.3 Å². The summed E-state index contributed by atoms with van der Waals surface area (Å²) in [5, 5.41) is 5.65. The van der Waals surface area contributed by atoms with Crippen LogP contribution in [0.2, 0.25) is 0 Å². The lowest BCUT2D eigenvalue weighted by Crippen LogP contribution is -2.30. The molecular weight excluding hydrogens is 354 g/mol. The number of nitrogens with zero attached hydrogens (tertiary/aromatic N) is 1. The van der Waals surface area contributed by atoms with Crippen molar-refractivity contribution in [3.63, 3.8) is 0 Å². The minimum atomic E-state index is -0.199. The second kappa shape index (κ2) is 8.52. The number of carbonyl (C=O) groups excluding carboxylic acids is 2. The Hall–Kier alpha value is -3.41. The van der Waals surface area contributed by atoms with Crippen molar-refractivity contribution in [1.82, 2.24) is 10.3 Å². The first-order valence-electron chi connectivity index (χ1n) is 9.15. The van der Waals surface area contributed by atoms with Crippen LogP contribution in [0.4, 0.5) is 5.69 Å². The Labute approximate surface area is 164 Å². The zero-order valence-electron chi connectivity index (χ0n) is 16.2. The highest BCUT2D eigenvalue weighted by Crippen LogP contribution is 2.22. The summed E-state index contributed by atoms with van der Waals surface area (Å²) in [6, 6.07) is 16.4. The Morgan fingerprint density at radius 2 is 1.71 bits per heavy atom. The number of nitrogens with one attached hydrogen (secondary N) is 2. The Kier molecular flexibility index (Phi) is 5.89. The molecule has 2 aromatic carbocycles. The molecule has 0 bridgehead atoms. The lowest BCUT2D eigenvalue weighted by Gasteiger charge is -2.09. The van der Waals surface area contributed by atoms with Crippen molar-refractivity contribution in [2.24, 2.45) is 0 Å². The molecule has 28 heavy (non-hydrogen) atoms. The van der Waals surface area contributed by atoms with Gasteiger partial charge in [-0.15, -0.1) is 0 Å². The molecule has 0 aliphatic heterocycles. The Morgan fingerprint density at radius 1 is 1.04 bits per heavy atom. The van der Waals surface area contributed by atoms with Crippen LogP contribution < -0.4 is 10.6 Å². The third-order valence-electron chi connectivity index (χ3n) is 4.09. The predicted molar refractivity (Wildman–Crippen MR) is 108 cm³/mol. The van der Waals surface area contributed by atoms with Crippen molar-refractivity contribution in [1.29, 1.82) is 0 Å². The minimum Gasteiger partial charge on any atom is -0.441 e. The highest BCUT2D eigenvalue weighted by molar-refractivity contribution is 5.96. The van der Waals surface area contributed by atoms with Gasteiger partial charge in [0.1, 0.15) is 5.76 Å². The van der Waals surface area contributed by atoms with Crippen molar-refractivity contribution in [2.45, 2.75) is 33.2 Å². The number of carbonyl (C=O) groups is 2. The molecule has 0 fully saturated rings. The standard InChI is InChI=1S/C22H23N3O3/c1-14(2)23-21(27)16-9-11-18(12-10-16)24-20(26)13-19-15(3)28-22(25-19)17-7-5-4-6-8-17/h4-12,14H,13H2,1-3H3,(H,23,27)(H,24,26). The summed E-state index contributed by atoms with van der Waals surface area (Å²) in [6.45, 7) is 5.60. The molecule has 0 atom stereocenters. The van der Waals surface area contributed by atoms with Crippen LogP contribution in [-0.2, 0) is 11.2 Å². The zero-order chi connectivity index (χ0) is 20.1. The van der Waals surface area contributed by atoms with Crippen molar-refractivity contribution < 1.29 is 14.0 Å². The van der Waals surface area contributed by atoms with Crippen LogP contribution in [0.1, 0.15) is 35.7 Å². The molecule has 6 heteroatoms. The van der Waals surface area contributed by atoms with Gasteiger partial charge in [0.2, 0.25) is 11.8 Å². The number of hydrogen-bond donors (Lipinski definition) is 2. The molecule has 1 heterocycles. The van der Waals surface area contributed by atoms with E-state index < -0.39 is 0 Å². The van der Waals surface area contributed by atoms with E-state index in [0.29, 0.717) is 28.6 Å².